The van der Waals surface area contributed by atoms with Gasteiger partial charge in [0.15, 0.2) is 6.61 Å². The lowest BCUT2D eigenvalue weighted by Gasteiger charge is -2.02. The Hall–Kier alpha value is -1.62. The maximum atomic E-state index is 10.4. The summed E-state index contributed by atoms with van der Waals surface area (Å²) in [6.45, 7) is 1.59. The second-order valence-electron chi connectivity index (χ2n) is 3.02. The van der Waals surface area contributed by atoms with E-state index in [1.54, 1.807) is 12.1 Å². The molecule has 0 spiro atoms. The van der Waals surface area contributed by atoms with Gasteiger partial charge in [-0.2, -0.15) is 0 Å². The van der Waals surface area contributed by atoms with Crippen molar-refractivity contribution in [3.8, 4) is 5.75 Å². The van der Waals surface area contributed by atoms with Crippen molar-refractivity contribution in [2.75, 3.05) is 6.61 Å². The molecule has 1 aromatic heterocycles. The van der Waals surface area contributed by atoms with E-state index in [1.807, 2.05) is 13.0 Å². The number of benzene rings is 1. The van der Waals surface area contributed by atoms with Crippen LogP contribution in [0.2, 0.25) is 0 Å². The van der Waals surface area contributed by atoms with Crippen molar-refractivity contribution in [2.45, 2.75) is 6.92 Å². The number of ether oxygens (including phenoxy) is 1. The molecule has 2 rings (SSSR count). The topological polar surface area (TPSA) is 59.4 Å². The number of carboxylic acids is 1. The Kier molecular flexibility index (Phi) is 2.55. The molecule has 0 amide bonds. The van der Waals surface area contributed by atoms with Gasteiger partial charge in [-0.25, -0.2) is 9.78 Å². The number of carboxylic acid groups (broad SMARTS) is 1. The quantitative estimate of drug-likeness (QED) is 0.865. The van der Waals surface area contributed by atoms with E-state index in [0.717, 1.165) is 15.2 Å². The van der Waals surface area contributed by atoms with Gasteiger partial charge in [0.2, 0.25) is 0 Å². The zero-order valence-corrected chi connectivity index (χ0v) is 8.87. The average Bonchev–Trinajstić information content (AvgIpc) is 2.55. The summed E-state index contributed by atoms with van der Waals surface area (Å²) >= 11 is 1.50. The van der Waals surface area contributed by atoms with Gasteiger partial charge in [-0.15, -0.1) is 11.3 Å². The Morgan fingerprint density at radius 2 is 2.40 bits per heavy atom. The molecule has 1 aromatic carbocycles. The predicted octanol–water partition coefficient (Wildman–Crippen LogP) is 2.07. The summed E-state index contributed by atoms with van der Waals surface area (Å²) in [5.74, 6) is -0.395. The van der Waals surface area contributed by atoms with Crippen molar-refractivity contribution < 1.29 is 14.6 Å². The molecule has 0 unspecified atom stereocenters. The minimum atomic E-state index is -0.978. The highest BCUT2D eigenvalue weighted by Gasteiger charge is 2.07. The molecule has 2 aromatic rings. The second-order valence-corrected chi connectivity index (χ2v) is 4.22. The van der Waals surface area contributed by atoms with E-state index in [4.69, 9.17) is 9.84 Å². The Morgan fingerprint density at radius 3 is 3.13 bits per heavy atom. The molecule has 0 aliphatic rings. The van der Waals surface area contributed by atoms with E-state index >= 15 is 0 Å². The molecule has 0 radical (unpaired) electrons. The average molecular weight is 223 g/mol. The van der Waals surface area contributed by atoms with Gasteiger partial charge in [-0.05, 0) is 19.1 Å². The van der Waals surface area contributed by atoms with Gasteiger partial charge in [-0.1, -0.05) is 6.07 Å². The third-order valence-electron chi connectivity index (χ3n) is 1.84. The summed E-state index contributed by atoms with van der Waals surface area (Å²) in [5.41, 5.74) is 0.848. The third kappa shape index (κ3) is 2.07. The highest BCUT2D eigenvalue weighted by molar-refractivity contribution is 7.18. The number of hydrogen-bond donors (Lipinski definition) is 1. The molecule has 5 heteroatoms. The fourth-order valence-corrected chi connectivity index (χ4v) is 2.17. The molecular formula is C10H9NO3S. The van der Waals surface area contributed by atoms with Crippen molar-refractivity contribution in [3.05, 3.63) is 23.2 Å². The van der Waals surface area contributed by atoms with E-state index in [0.29, 0.717) is 5.75 Å². The molecule has 15 heavy (non-hydrogen) atoms. The van der Waals surface area contributed by atoms with Crippen molar-refractivity contribution >= 4 is 27.5 Å². The number of aromatic nitrogens is 1. The number of hydrogen-bond acceptors (Lipinski definition) is 4. The Morgan fingerprint density at radius 1 is 1.60 bits per heavy atom. The molecule has 78 valence electrons. The lowest BCUT2D eigenvalue weighted by atomic mass is 10.3. The normalized spacial score (nSPS) is 10.5. The first kappa shape index (κ1) is 9.92. The molecule has 0 bridgehead atoms. The smallest absolute Gasteiger partial charge is 0.341 e. The van der Waals surface area contributed by atoms with Crippen LogP contribution in [0.1, 0.15) is 5.01 Å². The fourth-order valence-electron chi connectivity index (χ4n) is 1.29. The maximum absolute atomic E-state index is 10.4. The summed E-state index contributed by atoms with van der Waals surface area (Å²) in [4.78, 5) is 14.7. The number of nitrogens with zero attached hydrogens (tertiary/aromatic N) is 1. The van der Waals surface area contributed by atoms with Gasteiger partial charge in [-0.3, -0.25) is 0 Å². The van der Waals surface area contributed by atoms with Crippen molar-refractivity contribution in [3.63, 3.8) is 0 Å². The summed E-state index contributed by atoms with van der Waals surface area (Å²) in [6.07, 6.45) is 0. The zero-order valence-electron chi connectivity index (χ0n) is 8.06. The molecule has 0 aliphatic heterocycles. The summed E-state index contributed by atoms with van der Waals surface area (Å²) in [6, 6.07) is 5.44. The first-order chi connectivity index (χ1) is 7.16. The van der Waals surface area contributed by atoms with Crippen LogP contribution in [0.15, 0.2) is 18.2 Å². The maximum Gasteiger partial charge on any atom is 0.341 e. The van der Waals surface area contributed by atoms with Crippen LogP contribution in [-0.4, -0.2) is 22.7 Å². The van der Waals surface area contributed by atoms with Crippen LogP contribution in [0.25, 0.3) is 10.2 Å². The molecule has 1 N–H and O–H groups in total. The van der Waals surface area contributed by atoms with Gasteiger partial charge in [0.25, 0.3) is 0 Å². The van der Waals surface area contributed by atoms with Crippen LogP contribution in [0.3, 0.4) is 0 Å². The lowest BCUT2D eigenvalue weighted by Crippen LogP contribution is -2.09. The summed E-state index contributed by atoms with van der Waals surface area (Å²) < 4.78 is 6.06. The number of aliphatic carboxylic acids is 1. The minimum Gasteiger partial charge on any atom is -0.480 e. The summed E-state index contributed by atoms with van der Waals surface area (Å²) in [7, 11) is 0. The predicted molar refractivity (Wildman–Crippen MR) is 57.5 cm³/mol. The van der Waals surface area contributed by atoms with Crippen molar-refractivity contribution in [2.24, 2.45) is 0 Å². The molecule has 0 aliphatic carbocycles. The van der Waals surface area contributed by atoms with E-state index < -0.39 is 5.97 Å². The van der Waals surface area contributed by atoms with Crippen LogP contribution < -0.4 is 4.74 Å². The number of rotatable bonds is 3. The minimum absolute atomic E-state index is 0.323. The van der Waals surface area contributed by atoms with Crippen LogP contribution in [0, 0.1) is 6.92 Å². The van der Waals surface area contributed by atoms with Crippen LogP contribution in [0.4, 0.5) is 0 Å². The lowest BCUT2D eigenvalue weighted by molar-refractivity contribution is -0.139. The van der Waals surface area contributed by atoms with Gasteiger partial charge < -0.3 is 9.84 Å². The summed E-state index contributed by atoms with van der Waals surface area (Å²) in [5, 5.41) is 9.46. The standard InChI is InChI=1S/C10H9NO3S/c1-6-11-7-3-2-4-8(10(7)15-6)14-5-9(12)13/h2-4H,5H2,1H3,(H,12,13). The monoisotopic (exact) mass is 223 g/mol. The van der Waals surface area contributed by atoms with Gasteiger partial charge in [0, 0.05) is 0 Å². The SMILES string of the molecule is Cc1nc2cccc(OCC(=O)O)c2s1. The molecule has 0 fully saturated rings. The molecule has 4 nitrogen and oxygen atoms in total. The Bertz CT molecular complexity index is 506. The van der Waals surface area contributed by atoms with Crippen LogP contribution in [0.5, 0.6) is 5.75 Å². The Balaban J connectivity index is 2.37. The second kappa shape index (κ2) is 3.86. The van der Waals surface area contributed by atoms with Crippen molar-refractivity contribution in [1.82, 2.24) is 4.98 Å². The fraction of sp³-hybridized carbons (Fsp3) is 0.200. The van der Waals surface area contributed by atoms with E-state index in [9.17, 15) is 4.79 Å². The molecule has 0 saturated carbocycles. The molecule has 0 atom stereocenters. The first-order valence-electron chi connectivity index (χ1n) is 4.37. The number of fused-ring (bicyclic) bond motifs is 1. The van der Waals surface area contributed by atoms with Crippen LogP contribution in [-0.2, 0) is 4.79 Å². The van der Waals surface area contributed by atoms with Gasteiger partial charge >= 0.3 is 5.97 Å². The largest absolute Gasteiger partial charge is 0.480 e. The van der Waals surface area contributed by atoms with E-state index in [-0.39, 0.29) is 6.61 Å². The van der Waals surface area contributed by atoms with Gasteiger partial charge in [0.1, 0.15) is 5.75 Å². The molecule has 1 heterocycles. The third-order valence-corrected chi connectivity index (χ3v) is 2.84. The number of carbonyl (C=O) groups is 1. The van der Waals surface area contributed by atoms with Gasteiger partial charge in [0.05, 0.1) is 15.2 Å². The first-order valence-corrected chi connectivity index (χ1v) is 5.19. The molecule has 0 saturated heterocycles. The van der Waals surface area contributed by atoms with E-state index in [2.05, 4.69) is 4.98 Å². The zero-order chi connectivity index (χ0) is 10.8. The van der Waals surface area contributed by atoms with Crippen LogP contribution >= 0.6 is 11.3 Å². The number of aryl methyl sites for hydroxylation is 1. The van der Waals surface area contributed by atoms with E-state index in [1.165, 1.54) is 11.3 Å². The number of thiazole rings is 1. The highest BCUT2D eigenvalue weighted by Crippen LogP contribution is 2.30. The Labute approximate surface area is 90.1 Å². The molecular weight excluding hydrogens is 214 g/mol. The highest BCUT2D eigenvalue weighted by atomic mass is 32.1. The van der Waals surface area contributed by atoms with Crippen molar-refractivity contribution in [1.29, 1.82) is 0 Å².